The van der Waals surface area contributed by atoms with Gasteiger partial charge in [-0.2, -0.15) is 0 Å². The molecule has 2 N–H and O–H groups in total. The van der Waals surface area contributed by atoms with E-state index in [2.05, 4.69) is 0 Å². The SMILES string of the molecule is Oc1c[o+]c2cc(O)ccc2c1. The predicted molar refractivity (Wildman–Crippen MR) is 44.0 cm³/mol. The molecule has 60 valence electrons. The van der Waals surface area contributed by atoms with E-state index in [9.17, 15) is 0 Å². The zero-order valence-corrected chi connectivity index (χ0v) is 6.19. The molecule has 1 aromatic heterocycles. The number of rotatable bonds is 0. The van der Waals surface area contributed by atoms with Crippen LogP contribution in [-0.2, 0) is 0 Å². The lowest BCUT2D eigenvalue weighted by Crippen LogP contribution is -1.71. The van der Waals surface area contributed by atoms with E-state index >= 15 is 0 Å². The second-order valence-electron chi connectivity index (χ2n) is 2.53. The first kappa shape index (κ1) is 6.91. The van der Waals surface area contributed by atoms with Crippen LogP contribution >= 0.6 is 0 Å². The third kappa shape index (κ3) is 1.05. The fourth-order valence-electron chi connectivity index (χ4n) is 1.06. The van der Waals surface area contributed by atoms with Gasteiger partial charge in [-0.1, -0.05) is 0 Å². The molecule has 0 aliphatic carbocycles. The van der Waals surface area contributed by atoms with Crippen LogP contribution in [0.5, 0.6) is 11.5 Å². The minimum Gasteiger partial charge on any atom is -0.508 e. The summed E-state index contributed by atoms with van der Waals surface area (Å²) in [5.74, 6) is 0.227. The Bertz CT molecular complexity index is 382. The first-order chi connectivity index (χ1) is 5.75. The Morgan fingerprint density at radius 1 is 1.00 bits per heavy atom. The van der Waals surface area contributed by atoms with E-state index in [0.717, 1.165) is 5.39 Å². The van der Waals surface area contributed by atoms with Gasteiger partial charge in [0.05, 0.1) is 11.5 Å². The summed E-state index contributed by atoms with van der Waals surface area (Å²) in [4.78, 5) is 0. The third-order valence-corrected chi connectivity index (χ3v) is 1.61. The van der Waals surface area contributed by atoms with Gasteiger partial charge in [-0.05, 0) is 12.1 Å². The van der Waals surface area contributed by atoms with Crippen LogP contribution in [-0.4, -0.2) is 10.2 Å². The van der Waals surface area contributed by atoms with Gasteiger partial charge in [-0.25, -0.2) is 4.42 Å². The van der Waals surface area contributed by atoms with Gasteiger partial charge in [-0.3, -0.25) is 0 Å². The van der Waals surface area contributed by atoms with E-state index in [0.29, 0.717) is 5.58 Å². The van der Waals surface area contributed by atoms with Gasteiger partial charge >= 0.3 is 11.8 Å². The molecule has 3 heteroatoms. The van der Waals surface area contributed by atoms with Gasteiger partial charge in [-0.15, -0.1) is 0 Å². The van der Waals surface area contributed by atoms with Crippen molar-refractivity contribution >= 4 is 11.0 Å². The zero-order chi connectivity index (χ0) is 8.55. The largest absolute Gasteiger partial charge is 0.508 e. The van der Waals surface area contributed by atoms with Crippen LogP contribution in [0.1, 0.15) is 0 Å². The molecular weight excluding hydrogens is 156 g/mol. The van der Waals surface area contributed by atoms with Crippen molar-refractivity contribution in [2.75, 3.05) is 0 Å². The molecule has 1 aromatic carbocycles. The molecule has 12 heavy (non-hydrogen) atoms. The lowest BCUT2D eigenvalue weighted by Gasteiger charge is -1.89. The molecular formula is C9H7O3+. The Hall–Kier alpha value is -1.77. The van der Waals surface area contributed by atoms with Crippen molar-refractivity contribution in [1.29, 1.82) is 0 Å². The molecule has 0 atom stereocenters. The standard InChI is InChI=1S/C9H6O3/c10-7-2-1-6-3-8(11)5-12-9(6)4-7/h1-5H,(H-,10,11)/p+1. The quantitative estimate of drug-likeness (QED) is 0.585. The number of fused-ring (bicyclic) bond motifs is 1. The summed E-state index contributed by atoms with van der Waals surface area (Å²) in [5, 5.41) is 18.9. The molecule has 0 unspecified atom stereocenters. The van der Waals surface area contributed by atoms with Crippen LogP contribution in [0.2, 0.25) is 0 Å². The van der Waals surface area contributed by atoms with Gasteiger partial charge in [0.15, 0.2) is 0 Å². The highest BCUT2D eigenvalue weighted by Crippen LogP contribution is 2.23. The molecule has 2 rings (SSSR count). The summed E-state index contributed by atoms with van der Waals surface area (Å²) in [5.41, 5.74) is 0.549. The second-order valence-corrected chi connectivity index (χ2v) is 2.53. The molecule has 0 aliphatic rings. The van der Waals surface area contributed by atoms with Crippen molar-refractivity contribution < 1.29 is 14.6 Å². The number of aromatic hydroxyl groups is 2. The molecule has 0 aliphatic heterocycles. The highest BCUT2D eigenvalue weighted by molar-refractivity contribution is 5.78. The van der Waals surface area contributed by atoms with Gasteiger partial charge in [0.25, 0.3) is 0 Å². The van der Waals surface area contributed by atoms with Crippen molar-refractivity contribution in [3.05, 3.63) is 30.5 Å². The summed E-state index contributed by atoms with van der Waals surface area (Å²) in [6.07, 6.45) is 1.22. The predicted octanol–water partition coefficient (Wildman–Crippen LogP) is 2.13. The number of hydrogen-bond acceptors (Lipinski definition) is 2. The molecule has 0 spiro atoms. The highest BCUT2D eigenvalue weighted by atomic mass is 16.3. The van der Waals surface area contributed by atoms with E-state index in [1.165, 1.54) is 18.4 Å². The van der Waals surface area contributed by atoms with E-state index in [1.807, 2.05) is 0 Å². The van der Waals surface area contributed by atoms with Crippen molar-refractivity contribution in [3.8, 4) is 11.5 Å². The Morgan fingerprint density at radius 2 is 1.83 bits per heavy atom. The Morgan fingerprint density at radius 3 is 2.67 bits per heavy atom. The van der Waals surface area contributed by atoms with Crippen LogP contribution in [0.4, 0.5) is 0 Å². The monoisotopic (exact) mass is 163 g/mol. The van der Waals surface area contributed by atoms with Crippen molar-refractivity contribution in [2.24, 2.45) is 0 Å². The molecule has 0 radical (unpaired) electrons. The van der Waals surface area contributed by atoms with Crippen LogP contribution in [0.25, 0.3) is 11.0 Å². The summed E-state index contributed by atoms with van der Waals surface area (Å²) < 4.78 is 5.01. The number of phenolic OH excluding ortho intramolecular Hbond substituents is 1. The highest BCUT2D eigenvalue weighted by Gasteiger charge is 2.07. The first-order valence-electron chi connectivity index (χ1n) is 3.49. The van der Waals surface area contributed by atoms with Gasteiger partial charge in [0.1, 0.15) is 5.75 Å². The normalized spacial score (nSPS) is 10.3. The molecule has 0 fully saturated rings. The van der Waals surface area contributed by atoms with E-state index in [-0.39, 0.29) is 11.5 Å². The van der Waals surface area contributed by atoms with E-state index in [1.54, 1.807) is 12.1 Å². The topological polar surface area (TPSA) is 51.8 Å². The molecule has 0 saturated heterocycles. The number of phenols is 1. The van der Waals surface area contributed by atoms with Crippen LogP contribution in [0.15, 0.2) is 34.9 Å². The lowest BCUT2D eigenvalue weighted by molar-refractivity contribution is 0.445. The molecule has 0 amide bonds. The fourth-order valence-corrected chi connectivity index (χ4v) is 1.06. The summed E-state index contributed by atoms with van der Waals surface area (Å²) in [7, 11) is 0. The van der Waals surface area contributed by atoms with Crippen LogP contribution < -0.4 is 0 Å². The van der Waals surface area contributed by atoms with Gasteiger partial charge < -0.3 is 10.2 Å². The van der Waals surface area contributed by atoms with Crippen molar-refractivity contribution in [2.45, 2.75) is 0 Å². The lowest BCUT2D eigenvalue weighted by atomic mass is 10.2. The van der Waals surface area contributed by atoms with Crippen molar-refractivity contribution in [3.63, 3.8) is 0 Å². The molecule has 0 bridgehead atoms. The van der Waals surface area contributed by atoms with E-state index < -0.39 is 0 Å². The Kier molecular flexibility index (Phi) is 1.37. The Labute approximate surface area is 68.5 Å². The third-order valence-electron chi connectivity index (χ3n) is 1.61. The number of hydrogen-bond donors (Lipinski definition) is 2. The summed E-state index contributed by atoms with van der Waals surface area (Å²) >= 11 is 0. The molecule has 1 heterocycles. The molecule has 0 saturated carbocycles. The number of benzene rings is 1. The van der Waals surface area contributed by atoms with Crippen molar-refractivity contribution in [1.82, 2.24) is 0 Å². The minimum absolute atomic E-state index is 0.0770. The maximum atomic E-state index is 9.08. The van der Waals surface area contributed by atoms with E-state index in [4.69, 9.17) is 14.6 Å². The van der Waals surface area contributed by atoms with Crippen LogP contribution in [0, 0.1) is 0 Å². The average Bonchev–Trinajstić information content (AvgIpc) is 2.05. The smallest absolute Gasteiger partial charge is 0.363 e. The average molecular weight is 163 g/mol. The van der Waals surface area contributed by atoms with Gasteiger partial charge in [0.2, 0.25) is 5.75 Å². The fraction of sp³-hybridized carbons (Fsp3) is 0. The Balaban J connectivity index is 2.79. The zero-order valence-electron chi connectivity index (χ0n) is 6.19. The maximum absolute atomic E-state index is 9.08. The first-order valence-corrected chi connectivity index (χ1v) is 3.49. The summed E-state index contributed by atoms with van der Waals surface area (Å²) in [6, 6.07) is 6.28. The minimum atomic E-state index is 0.0770. The molecule has 2 aromatic rings. The summed E-state index contributed by atoms with van der Waals surface area (Å²) in [6.45, 7) is 0. The van der Waals surface area contributed by atoms with Gasteiger partial charge in [0, 0.05) is 6.07 Å². The maximum Gasteiger partial charge on any atom is 0.363 e. The second kappa shape index (κ2) is 2.37. The van der Waals surface area contributed by atoms with Crippen LogP contribution in [0.3, 0.4) is 0 Å². The molecule has 3 nitrogen and oxygen atoms in total.